The van der Waals surface area contributed by atoms with Gasteiger partial charge in [0.05, 0.1) is 0 Å². The number of rotatable bonds is 4. The average molecular weight is 443 g/mol. The van der Waals surface area contributed by atoms with E-state index in [1.54, 1.807) is 0 Å². The molecule has 1 aliphatic rings. The van der Waals surface area contributed by atoms with Gasteiger partial charge in [0.15, 0.2) is 0 Å². The Hall–Kier alpha value is -0.965. The molecular weight excluding hydrogens is 423 g/mol. The number of hydrogen-bond acceptors (Lipinski definition) is 2. The summed E-state index contributed by atoms with van der Waals surface area (Å²) in [6.45, 7) is 5.22. The summed E-state index contributed by atoms with van der Waals surface area (Å²) in [4.78, 5) is 3.38. The number of hydrogen-bond donors (Lipinski definition) is 3. The van der Waals surface area contributed by atoms with Crippen molar-refractivity contribution in [3.63, 3.8) is 0 Å². The summed E-state index contributed by atoms with van der Waals surface area (Å²) >= 11 is 0.679. The third kappa shape index (κ3) is 4.00. The molecular formula is C15H20HgN3. The summed E-state index contributed by atoms with van der Waals surface area (Å²) in [5, 5.41) is 6.67. The number of anilines is 1. The van der Waals surface area contributed by atoms with Crippen LogP contribution in [-0.2, 0) is 32.7 Å². The van der Waals surface area contributed by atoms with Crippen LogP contribution in [0.25, 0.3) is 0 Å². The van der Waals surface area contributed by atoms with Gasteiger partial charge in [-0.3, -0.25) is 0 Å². The van der Waals surface area contributed by atoms with Crippen molar-refractivity contribution in [3.8, 4) is 0 Å². The van der Waals surface area contributed by atoms with E-state index in [1.807, 2.05) is 7.05 Å². The zero-order valence-electron chi connectivity index (χ0n) is 11.9. The number of H-pyrrole nitrogens is 1. The standard InChI is InChI=1S/C15H20N3.Hg/c1-11-6-4-5-7-13(8-11)17-10-14-9-12(2)15(16-3)18-14;/h4-9,16-18H,10H2,1-3H3;. The molecule has 0 saturated carbocycles. The van der Waals surface area contributed by atoms with Crippen molar-refractivity contribution in [3.05, 3.63) is 53.4 Å². The van der Waals surface area contributed by atoms with Crippen molar-refractivity contribution < 1.29 is 26.1 Å². The molecule has 0 amide bonds. The van der Waals surface area contributed by atoms with Gasteiger partial charge in [-0.05, 0) is 0 Å². The Morgan fingerprint density at radius 1 is 1.37 bits per heavy atom. The van der Waals surface area contributed by atoms with Crippen LogP contribution in [0.3, 0.4) is 0 Å². The molecule has 0 saturated heterocycles. The van der Waals surface area contributed by atoms with Crippen molar-refractivity contribution in [2.24, 2.45) is 0 Å². The Balaban J connectivity index is 2.04. The van der Waals surface area contributed by atoms with Gasteiger partial charge in [0.25, 0.3) is 0 Å². The first-order chi connectivity index (χ1) is 9.00. The third-order valence-corrected chi connectivity index (χ3v) is 4.86. The topological polar surface area (TPSA) is 39.9 Å². The molecule has 1 aromatic heterocycles. The van der Waals surface area contributed by atoms with Crippen LogP contribution in [0.4, 0.5) is 5.82 Å². The number of aromatic nitrogens is 1. The number of aromatic amines is 1. The molecule has 4 heteroatoms. The molecule has 0 radical (unpaired) electrons. The van der Waals surface area contributed by atoms with E-state index in [0.717, 1.165) is 12.4 Å². The van der Waals surface area contributed by atoms with Crippen LogP contribution in [0.5, 0.6) is 0 Å². The van der Waals surface area contributed by atoms with E-state index in [4.69, 9.17) is 0 Å². The molecule has 0 aromatic carbocycles. The fourth-order valence-corrected chi connectivity index (χ4v) is 3.56. The van der Waals surface area contributed by atoms with Crippen molar-refractivity contribution in [1.82, 2.24) is 10.3 Å². The van der Waals surface area contributed by atoms with Crippen molar-refractivity contribution in [1.29, 1.82) is 0 Å². The summed E-state index contributed by atoms with van der Waals surface area (Å²) < 4.78 is 0.285. The second-order valence-corrected chi connectivity index (χ2v) is 11.2. The quantitative estimate of drug-likeness (QED) is 0.627. The van der Waals surface area contributed by atoms with E-state index in [1.165, 1.54) is 17.0 Å². The summed E-state index contributed by atoms with van der Waals surface area (Å²) in [6, 6.07) is 2.18. The Morgan fingerprint density at radius 3 is 2.84 bits per heavy atom. The predicted molar refractivity (Wildman–Crippen MR) is 76.6 cm³/mol. The molecule has 1 unspecified atom stereocenters. The fourth-order valence-electron chi connectivity index (χ4n) is 2.18. The van der Waals surface area contributed by atoms with Gasteiger partial charge in [0, 0.05) is 0 Å². The van der Waals surface area contributed by atoms with Crippen LogP contribution in [0, 0.1) is 6.92 Å². The summed E-state index contributed by atoms with van der Waals surface area (Å²) in [6.07, 6.45) is 11.0. The number of allylic oxidation sites excluding steroid dienone is 5. The van der Waals surface area contributed by atoms with Crippen LogP contribution in [0.15, 0.2) is 42.1 Å². The maximum absolute atomic E-state index is 3.50. The van der Waals surface area contributed by atoms with E-state index in [2.05, 4.69) is 65.9 Å². The van der Waals surface area contributed by atoms with Crippen LogP contribution in [0.1, 0.15) is 18.2 Å². The van der Waals surface area contributed by atoms with Gasteiger partial charge < -0.3 is 0 Å². The zero-order chi connectivity index (χ0) is 13.9. The zero-order valence-corrected chi connectivity index (χ0v) is 17.4. The molecule has 0 aliphatic heterocycles. The van der Waals surface area contributed by atoms with E-state index < -0.39 is 0 Å². The second-order valence-electron chi connectivity index (χ2n) is 5.28. The van der Waals surface area contributed by atoms with Crippen LogP contribution >= 0.6 is 0 Å². The summed E-state index contributed by atoms with van der Waals surface area (Å²) in [5.74, 6) is 1.10. The number of nitrogens with one attached hydrogen (secondary N) is 3. The summed E-state index contributed by atoms with van der Waals surface area (Å²) in [5.41, 5.74) is 3.66. The first-order valence-electron chi connectivity index (χ1n) is 6.54. The van der Waals surface area contributed by atoms with E-state index in [-0.39, 0.29) is 2.92 Å². The molecule has 0 fully saturated rings. The Kier molecular flexibility index (Phi) is 4.56. The molecule has 0 bridgehead atoms. The van der Waals surface area contributed by atoms with Gasteiger partial charge in [-0.1, -0.05) is 0 Å². The fraction of sp³-hybridized carbons (Fsp3) is 0.333. The average Bonchev–Trinajstić information content (AvgIpc) is 2.61. The van der Waals surface area contributed by atoms with Gasteiger partial charge in [0.1, 0.15) is 0 Å². The molecule has 0 spiro atoms. The van der Waals surface area contributed by atoms with Gasteiger partial charge >= 0.3 is 131 Å². The second kappa shape index (κ2) is 5.99. The van der Waals surface area contributed by atoms with Gasteiger partial charge in [-0.25, -0.2) is 0 Å². The van der Waals surface area contributed by atoms with Crippen LogP contribution < -0.4 is 10.6 Å². The Bertz CT molecular complexity index is 536. The van der Waals surface area contributed by atoms with Crippen LogP contribution in [0.2, 0.25) is 2.92 Å². The maximum atomic E-state index is 3.50. The molecule has 97 valence electrons. The van der Waals surface area contributed by atoms with Gasteiger partial charge in [-0.15, -0.1) is 0 Å². The molecule has 3 nitrogen and oxygen atoms in total. The Labute approximate surface area is 131 Å². The van der Waals surface area contributed by atoms with Crippen molar-refractivity contribution in [2.45, 2.75) is 23.3 Å². The van der Waals surface area contributed by atoms with E-state index in [9.17, 15) is 0 Å². The van der Waals surface area contributed by atoms with Crippen LogP contribution in [-0.4, -0.2) is 12.0 Å². The molecule has 1 aromatic rings. The van der Waals surface area contributed by atoms with Crippen molar-refractivity contribution in [2.75, 3.05) is 12.4 Å². The molecule has 3 N–H and O–H groups in total. The summed E-state index contributed by atoms with van der Waals surface area (Å²) in [7, 11) is 1.94. The monoisotopic (exact) mass is 444 g/mol. The first-order valence-corrected chi connectivity index (χ1v) is 9.29. The van der Waals surface area contributed by atoms with Crippen molar-refractivity contribution >= 4 is 5.82 Å². The van der Waals surface area contributed by atoms with E-state index >= 15 is 0 Å². The Morgan fingerprint density at radius 2 is 2.16 bits per heavy atom. The van der Waals surface area contributed by atoms with E-state index in [0.29, 0.717) is 26.1 Å². The minimum atomic E-state index is 0.285. The molecule has 1 heterocycles. The third-order valence-electron chi connectivity index (χ3n) is 3.15. The van der Waals surface area contributed by atoms with Gasteiger partial charge in [-0.2, -0.15) is 0 Å². The normalized spacial score (nSPS) is 22.1. The molecule has 19 heavy (non-hydrogen) atoms. The van der Waals surface area contributed by atoms with Gasteiger partial charge in [0.2, 0.25) is 0 Å². The molecule has 1 atom stereocenters. The first kappa shape index (κ1) is 14.4. The minimum absolute atomic E-state index is 0.285. The molecule has 2 rings (SSSR count). The molecule has 1 aliphatic carbocycles. The SMILES string of the molecule is CNc1[nH]c(CNC2=C[C](C)([Hg])C=CC=C2)cc1C. The number of aryl methyl sites for hydroxylation is 1. The predicted octanol–water partition coefficient (Wildman–Crippen LogP) is 3.19.